The number of para-hydroxylation sites is 1. The lowest BCUT2D eigenvalue weighted by Crippen LogP contribution is -2.26. The van der Waals surface area contributed by atoms with Crippen LogP contribution < -0.4 is 10.1 Å². The summed E-state index contributed by atoms with van der Waals surface area (Å²) >= 11 is 5.75. The van der Waals surface area contributed by atoms with Crippen molar-refractivity contribution in [1.29, 1.82) is 0 Å². The van der Waals surface area contributed by atoms with Crippen LogP contribution >= 0.6 is 11.6 Å². The molecule has 1 aromatic heterocycles. The molecule has 0 aliphatic rings. The van der Waals surface area contributed by atoms with Gasteiger partial charge in [0.05, 0.1) is 18.4 Å². The zero-order valence-electron chi connectivity index (χ0n) is 11.2. The van der Waals surface area contributed by atoms with Crippen molar-refractivity contribution in [3.8, 4) is 5.75 Å². The van der Waals surface area contributed by atoms with Crippen molar-refractivity contribution in [2.45, 2.75) is 6.42 Å². The van der Waals surface area contributed by atoms with Crippen molar-refractivity contribution < 1.29 is 13.9 Å². The second kappa shape index (κ2) is 7.59. The van der Waals surface area contributed by atoms with Crippen LogP contribution in [0.15, 0.2) is 42.6 Å². The lowest BCUT2D eigenvalue weighted by Gasteiger charge is -2.08. The van der Waals surface area contributed by atoms with Crippen LogP contribution in [0.4, 0.5) is 4.39 Å². The van der Waals surface area contributed by atoms with Crippen molar-refractivity contribution in [1.82, 2.24) is 10.3 Å². The molecule has 1 amide bonds. The topological polar surface area (TPSA) is 51.2 Å². The van der Waals surface area contributed by atoms with Gasteiger partial charge in [-0.1, -0.05) is 29.8 Å². The van der Waals surface area contributed by atoms with Crippen molar-refractivity contribution in [2.75, 3.05) is 13.2 Å². The van der Waals surface area contributed by atoms with E-state index in [-0.39, 0.29) is 10.7 Å². The molecule has 4 nitrogen and oxygen atoms in total. The SMILES string of the molecule is O=C(NCCCOc1ccccc1)c1cc(F)cnc1Cl. The molecule has 1 heterocycles. The first-order valence-corrected chi connectivity index (χ1v) is 6.81. The monoisotopic (exact) mass is 308 g/mol. The van der Waals surface area contributed by atoms with E-state index in [2.05, 4.69) is 10.3 Å². The first kappa shape index (κ1) is 15.3. The minimum atomic E-state index is -0.600. The summed E-state index contributed by atoms with van der Waals surface area (Å²) in [5.74, 6) is -0.273. The fourth-order valence-electron chi connectivity index (χ4n) is 1.66. The van der Waals surface area contributed by atoms with Gasteiger partial charge in [0, 0.05) is 6.54 Å². The molecule has 0 atom stereocenters. The Balaban J connectivity index is 1.73. The second-order valence-electron chi connectivity index (χ2n) is 4.26. The average Bonchev–Trinajstić information content (AvgIpc) is 2.50. The van der Waals surface area contributed by atoms with E-state index in [1.165, 1.54) is 0 Å². The van der Waals surface area contributed by atoms with Crippen LogP contribution in [0, 0.1) is 5.82 Å². The number of halogens is 2. The van der Waals surface area contributed by atoms with Gasteiger partial charge in [-0.3, -0.25) is 4.79 Å². The molecule has 110 valence electrons. The van der Waals surface area contributed by atoms with Gasteiger partial charge in [-0.05, 0) is 24.6 Å². The fraction of sp³-hybridized carbons (Fsp3) is 0.200. The van der Waals surface area contributed by atoms with Crippen LogP contribution in [0.5, 0.6) is 5.75 Å². The summed E-state index contributed by atoms with van der Waals surface area (Å²) < 4.78 is 18.5. The van der Waals surface area contributed by atoms with E-state index in [0.717, 1.165) is 18.0 Å². The van der Waals surface area contributed by atoms with Gasteiger partial charge < -0.3 is 10.1 Å². The lowest BCUT2D eigenvalue weighted by atomic mass is 10.2. The lowest BCUT2D eigenvalue weighted by molar-refractivity contribution is 0.0951. The van der Waals surface area contributed by atoms with E-state index < -0.39 is 11.7 Å². The summed E-state index contributed by atoms with van der Waals surface area (Å²) in [6.45, 7) is 0.873. The molecule has 21 heavy (non-hydrogen) atoms. The molecule has 1 N–H and O–H groups in total. The summed E-state index contributed by atoms with van der Waals surface area (Å²) in [5, 5.41) is 2.62. The number of nitrogens with one attached hydrogen (secondary N) is 1. The van der Waals surface area contributed by atoms with Crippen molar-refractivity contribution in [2.24, 2.45) is 0 Å². The molecule has 0 unspecified atom stereocenters. The second-order valence-corrected chi connectivity index (χ2v) is 4.62. The van der Waals surface area contributed by atoms with Gasteiger partial charge in [-0.25, -0.2) is 9.37 Å². The zero-order valence-corrected chi connectivity index (χ0v) is 11.9. The number of carbonyl (C=O) groups excluding carboxylic acids is 1. The van der Waals surface area contributed by atoms with E-state index in [0.29, 0.717) is 19.6 Å². The van der Waals surface area contributed by atoms with Crippen LogP contribution in [-0.4, -0.2) is 24.0 Å². The summed E-state index contributed by atoms with van der Waals surface area (Å²) in [4.78, 5) is 15.4. The van der Waals surface area contributed by atoms with Crippen molar-refractivity contribution in [3.05, 3.63) is 59.1 Å². The Morgan fingerprint density at radius 3 is 2.86 bits per heavy atom. The number of rotatable bonds is 6. The molecule has 0 aliphatic carbocycles. The molecule has 1 aromatic carbocycles. The highest BCUT2D eigenvalue weighted by molar-refractivity contribution is 6.32. The third-order valence-electron chi connectivity index (χ3n) is 2.67. The van der Waals surface area contributed by atoms with Gasteiger partial charge in [0.15, 0.2) is 0 Å². The molecule has 0 saturated heterocycles. The number of ether oxygens (including phenoxy) is 1. The predicted molar refractivity (Wildman–Crippen MR) is 78.1 cm³/mol. The first-order valence-electron chi connectivity index (χ1n) is 6.44. The summed E-state index contributed by atoms with van der Waals surface area (Å²) in [6, 6.07) is 10.5. The number of carbonyl (C=O) groups is 1. The molecule has 2 aromatic rings. The number of hydrogen-bond acceptors (Lipinski definition) is 3. The van der Waals surface area contributed by atoms with E-state index in [1.807, 2.05) is 30.3 Å². The van der Waals surface area contributed by atoms with Gasteiger partial charge in [0.2, 0.25) is 0 Å². The largest absolute Gasteiger partial charge is 0.494 e. The van der Waals surface area contributed by atoms with Crippen LogP contribution in [0.1, 0.15) is 16.8 Å². The molecular weight excluding hydrogens is 295 g/mol. The Bertz CT molecular complexity index is 608. The predicted octanol–water partition coefficient (Wildman–Crippen LogP) is 3.07. The summed E-state index contributed by atoms with van der Waals surface area (Å²) in [5.41, 5.74) is 0.0284. The van der Waals surface area contributed by atoms with Gasteiger partial charge in [-0.2, -0.15) is 0 Å². The minimum absolute atomic E-state index is 0.0190. The maximum Gasteiger partial charge on any atom is 0.254 e. The maximum atomic E-state index is 13.0. The summed E-state index contributed by atoms with van der Waals surface area (Å²) in [6.07, 6.45) is 1.59. The molecule has 0 radical (unpaired) electrons. The van der Waals surface area contributed by atoms with Crippen molar-refractivity contribution >= 4 is 17.5 Å². The first-order chi connectivity index (χ1) is 10.2. The maximum absolute atomic E-state index is 13.0. The highest BCUT2D eigenvalue weighted by Gasteiger charge is 2.11. The number of benzene rings is 1. The molecule has 0 aliphatic heterocycles. The number of hydrogen-bond donors (Lipinski definition) is 1. The normalized spacial score (nSPS) is 10.2. The van der Waals surface area contributed by atoms with Gasteiger partial charge in [0.1, 0.15) is 16.7 Å². The van der Waals surface area contributed by atoms with Crippen LogP contribution in [0.2, 0.25) is 5.15 Å². The van der Waals surface area contributed by atoms with E-state index in [4.69, 9.17) is 16.3 Å². The molecule has 0 bridgehead atoms. The van der Waals surface area contributed by atoms with Crippen LogP contribution in [0.3, 0.4) is 0 Å². The van der Waals surface area contributed by atoms with Gasteiger partial charge >= 0.3 is 0 Å². The summed E-state index contributed by atoms with van der Waals surface area (Å²) in [7, 11) is 0. The standard InChI is InChI=1S/C15H14ClFN2O2/c16-14-13(9-11(17)10-19-14)15(20)18-7-4-8-21-12-5-2-1-3-6-12/h1-3,5-6,9-10H,4,7-8H2,(H,18,20). The third kappa shape index (κ3) is 4.72. The number of aromatic nitrogens is 1. The Morgan fingerprint density at radius 1 is 1.33 bits per heavy atom. The smallest absolute Gasteiger partial charge is 0.254 e. The quantitative estimate of drug-likeness (QED) is 0.659. The Kier molecular flexibility index (Phi) is 5.51. The number of pyridine rings is 1. The minimum Gasteiger partial charge on any atom is -0.494 e. The fourth-order valence-corrected chi connectivity index (χ4v) is 1.85. The highest BCUT2D eigenvalue weighted by atomic mass is 35.5. The van der Waals surface area contributed by atoms with Gasteiger partial charge in [0.25, 0.3) is 5.91 Å². The molecule has 0 spiro atoms. The number of nitrogens with zero attached hydrogens (tertiary/aromatic N) is 1. The van der Waals surface area contributed by atoms with Crippen LogP contribution in [-0.2, 0) is 0 Å². The third-order valence-corrected chi connectivity index (χ3v) is 2.97. The Labute approximate surface area is 126 Å². The molecule has 2 rings (SSSR count). The van der Waals surface area contributed by atoms with Gasteiger partial charge in [-0.15, -0.1) is 0 Å². The van der Waals surface area contributed by atoms with E-state index in [9.17, 15) is 9.18 Å². The van der Waals surface area contributed by atoms with E-state index in [1.54, 1.807) is 0 Å². The average molecular weight is 309 g/mol. The Morgan fingerprint density at radius 2 is 2.10 bits per heavy atom. The molecule has 0 fully saturated rings. The molecule has 0 saturated carbocycles. The molecular formula is C15H14ClFN2O2. The highest BCUT2D eigenvalue weighted by Crippen LogP contribution is 2.13. The molecule has 6 heteroatoms. The number of amides is 1. The van der Waals surface area contributed by atoms with Crippen LogP contribution in [0.25, 0.3) is 0 Å². The Hall–Kier alpha value is -2.14. The van der Waals surface area contributed by atoms with E-state index >= 15 is 0 Å². The zero-order chi connectivity index (χ0) is 15.1. The van der Waals surface area contributed by atoms with Crippen molar-refractivity contribution in [3.63, 3.8) is 0 Å².